The Kier molecular flexibility index (Phi) is 5.99. The molecule has 9 heteroatoms. The van der Waals surface area contributed by atoms with Crippen LogP contribution in [-0.2, 0) is 14.4 Å². The lowest BCUT2D eigenvalue weighted by Gasteiger charge is -2.36. The molecule has 168 valence electrons. The molecule has 32 heavy (non-hydrogen) atoms. The largest absolute Gasteiger partial charge is 0.409 e. The summed E-state index contributed by atoms with van der Waals surface area (Å²) in [4.78, 5) is 36.8. The molecule has 0 aromatic heterocycles. The van der Waals surface area contributed by atoms with Gasteiger partial charge in [0, 0.05) is 24.1 Å². The SMILES string of the molecule is O=C1CCC(c2cccc(-c3ccc(N4C(=O)CCCC4C(F)(F)F)cc3)c2Cl)C(=O)N1. The van der Waals surface area contributed by atoms with Gasteiger partial charge in [0.2, 0.25) is 17.7 Å². The van der Waals surface area contributed by atoms with Crippen LogP contribution in [0.5, 0.6) is 0 Å². The molecule has 2 aliphatic heterocycles. The first-order valence-corrected chi connectivity index (χ1v) is 10.7. The lowest BCUT2D eigenvalue weighted by atomic mass is 9.88. The highest BCUT2D eigenvalue weighted by Crippen LogP contribution is 2.39. The van der Waals surface area contributed by atoms with Crippen molar-refractivity contribution in [1.29, 1.82) is 0 Å². The van der Waals surface area contributed by atoms with Gasteiger partial charge in [-0.25, -0.2) is 0 Å². The molecular formula is C23H20ClF3N2O3. The maximum absolute atomic E-state index is 13.5. The van der Waals surface area contributed by atoms with E-state index < -0.39 is 30.0 Å². The second-order valence-electron chi connectivity index (χ2n) is 7.97. The maximum Gasteiger partial charge on any atom is 0.409 e. The van der Waals surface area contributed by atoms with Gasteiger partial charge in [0.15, 0.2) is 0 Å². The van der Waals surface area contributed by atoms with Crippen molar-refractivity contribution in [3.8, 4) is 11.1 Å². The zero-order chi connectivity index (χ0) is 23.0. The summed E-state index contributed by atoms with van der Waals surface area (Å²) in [5.41, 5.74) is 2.01. The molecule has 2 atom stereocenters. The lowest BCUT2D eigenvalue weighted by molar-refractivity contribution is -0.159. The van der Waals surface area contributed by atoms with Crippen molar-refractivity contribution < 1.29 is 27.6 Å². The molecule has 0 bridgehead atoms. The van der Waals surface area contributed by atoms with E-state index in [9.17, 15) is 27.6 Å². The highest BCUT2D eigenvalue weighted by Gasteiger charge is 2.47. The smallest absolute Gasteiger partial charge is 0.300 e. The number of nitrogens with one attached hydrogen (secondary N) is 1. The highest BCUT2D eigenvalue weighted by molar-refractivity contribution is 6.34. The van der Waals surface area contributed by atoms with Gasteiger partial charge < -0.3 is 4.90 Å². The summed E-state index contributed by atoms with van der Waals surface area (Å²) in [5.74, 6) is -1.84. The third-order valence-electron chi connectivity index (χ3n) is 5.93. The van der Waals surface area contributed by atoms with E-state index in [1.165, 1.54) is 12.1 Å². The first kappa shape index (κ1) is 22.3. The number of imide groups is 1. The molecule has 0 spiro atoms. The van der Waals surface area contributed by atoms with Gasteiger partial charge >= 0.3 is 6.18 Å². The van der Waals surface area contributed by atoms with E-state index in [0.29, 0.717) is 28.1 Å². The van der Waals surface area contributed by atoms with Gasteiger partial charge in [0.25, 0.3) is 0 Å². The Morgan fingerprint density at radius 2 is 1.69 bits per heavy atom. The minimum absolute atomic E-state index is 0.0775. The molecular weight excluding hydrogens is 445 g/mol. The molecule has 0 radical (unpaired) electrons. The fourth-order valence-corrected chi connectivity index (χ4v) is 4.70. The van der Waals surface area contributed by atoms with Crippen LogP contribution in [-0.4, -0.2) is 29.9 Å². The van der Waals surface area contributed by atoms with Gasteiger partial charge in [0.1, 0.15) is 6.04 Å². The number of benzene rings is 2. The van der Waals surface area contributed by atoms with Crippen LogP contribution in [0.4, 0.5) is 18.9 Å². The van der Waals surface area contributed by atoms with Crippen molar-refractivity contribution in [1.82, 2.24) is 5.32 Å². The fourth-order valence-electron chi connectivity index (χ4n) is 4.34. The van der Waals surface area contributed by atoms with Gasteiger partial charge in [-0.15, -0.1) is 0 Å². The Morgan fingerprint density at radius 1 is 0.969 bits per heavy atom. The summed E-state index contributed by atoms with van der Waals surface area (Å²) >= 11 is 6.59. The van der Waals surface area contributed by atoms with E-state index in [1.807, 2.05) is 0 Å². The first-order chi connectivity index (χ1) is 15.2. The molecule has 2 aromatic rings. The number of anilines is 1. The molecule has 4 rings (SSSR count). The van der Waals surface area contributed by atoms with Crippen LogP contribution in [0.1, 0.15) is 43.6 Å². The van der Waals surface area contributed by atoms with Crippen molar-refractivity contribution >= 4 is 35.0 Å². The Balaban J connectivity index is 1.64. The van der Waals surface area contributed by atoms with E-state index in [-0.39, 0.29) is 37.3 Å². The van der Waals surface area contributed by atoms with Crippen molar-refractivity contribution in [3.63, 3.8) is 0 Å². The normalized spacial score (nSPS) is 22.1. The summed E-state index contributed by atoms with van der Waals surface area (Å²) in [6, 6.07) is 9.55. The Hall–Kier alpha value is -2.87. The molecule has 1 N–H and O–H groups in total. The molecule has 2 heterocycles. The van der Waals surface area contributed by atoms with Crippen molar-refractivity contribution in [2.45, 2.75) is 50.2 Å². The number of piperidine rings is 2. The lowest BCUT2D eigenvalue weighted by Crippen LogP contribution is -2.51. The monoisotopic (exact) mass is 464 g/mol. The molecule has 2 aliphatic rings. The summed E-state index contributed by atoms with van der Waals surface area (Å²) in [5, 5.41) is 2.66. The predicted octanol–water partition coefficient (Wildman–Crippen LogP) is 4.98. The molecule has 0 saturated carbocycles. The third kappa shape index (κ3) is 4.24. The second kappa shape index (κ2) is 8.58. The van der Waals surface area contributed by atoms with Crippen LogP contribution in [0.2, 0.25) is 5.02 Å². The topological polar surface area (TPSA) is 66.5 Å². The summed E-state index contributed by atoms with van der Waals surface area (Å²) < 4.78 is 40.4. The van der Waals surface area contributed by atoms with E-state index >= 15 is 0 Å². The number of hydrogen-bond acceptors (Lipinski definition) is 3. The Labute approximate surface area is 187 Å². The number of rotatable bonds is 3. The minimum Gasteiger partial charge on any atom is -0.300 e. The second-order valence-corrected chi connectivity index (χ2v) is 8.35. The van der Waals surface area contributed by atoms with Crippen LogP contribution in [0.3, 0.4) is 0 Å². The van der Waals surface area contributed by atoms with Gasteiger partial charge in [-0.2, -0.15) is 13.2 Å². The van der Waals surface area contributed by atoms with Crippen molar-refractivity contribution in [2.24, 2.45) is 0 Å². The molecule has 2 fully saturated rings. The molecule has 5 nitrogen and oxygen atoms in total. The average molecular weight is 465 g/mol. The molecule has 2 aromatic carbocycles. The molecule has 2 unspecified atom stereocenters. The van der Waals surface area contributed by atoms with E-state index in [4.69, 9.17) is 11.6 Å². The van der Waals surface area contributed by atoms with Crippen molar-refractivity contribution in [3.05, 3.63) is 53.1 Å². The number of carbonyl (C=O) groups is 3. The van der Waals surface area contributed by atoms with Crippen LogP contribution in [0.25, 0.3) is 11.1 Å². The number of nitrogens with zero attached hydrogens (tertiary/aromatic N) is 1. The summed E-state index contributed by atoms with van der Waals surface area (Å²) in [7, 11) is 0. The quantitative estimate of drug-likeness (QED) is 0.652. The number of amides is 3. The van der Waals surface area contributed by atoms with Crippen LogP contribution < -0.4 is 10.2 Å². The van der Waals surface area contributed by atoms with Gasteiger partial charge in [-0.05, 0) is 42.5 Å². The molecule has 3 amide bonds. The summed E-state index contributed by atoms with van der Waals surface area (Å²) in [6.07, 6.45) is -3.78. The number of hydrogen-bond donors (Lipinski definition) is 1. The zero-order valence-corrected chi connectivity index (χ0v) is 17.7. The maximum atomic E-state index is 13.5. The number of carbonyl (C=O) groups excluding carboxylic acids is 3. The number of alkyl halides is 3. The third-order valence-corrected chi connectivity index (χ3v) is 6.35. The number of halogens is 4. The molecule has 2 saturated heterocycles. The molecule has 0 aliphatic carbocycles. The first-order valence-electron chi connectivity index (χ1n) is 10.3. The van der Waals surface area contributed by atoms with Gasteiger partial charge in [-0.3, -0.25) is 19.7 Å². The van der Waals surface area contributed by atoms with Crippen LogP contribution >= 0.6 is 11.6 Å². The highest BCUT2D eigenvalue weighted by atomic mass is 35.5. The van der Waals surface area contributed by atoms with E-state index in [2.05, 4.69) is 5.32 Å². The van der Waals surface area contributed by atoms with Crippen LogP contribution in [0.15, 0.2) is 42.5 Å². The predicted molar refractivity (Wildman–Crippen MR) is 113 cm³/mol. The standard InChI is InChI=1S/C23H20ClF3N2O3/c24-21-15(3-1-4-16(21)17-11-12-19(30)28-22(17)32)13-7-9-14(10-8-13)29-18(23(25,26)27)5-2-6-20(29)31/h1,3-4,7-10,17-18H,2,5-6,11-12H2,(H,28,30,32). The van der Waals surface area contributed by atoms with E-state index in [1.54, 1.807) is 30.3 Å². The average Bonchev–Trinajstić information content (AvgIpc) is 2.74. The van der Waals surface area contributed by atoms with Gasteiger partial charge in [0.05, 0.1) is 10.9 Å². The van der Waals surface area contributed by atoms with Crippen LogP contribution in [0, 0.1) is 0 Å². The van der Waals surface area contributed by atoms with Crippen molar-refractivity contribution in [2.75, 3.05) is 4.90 Å². The minimum atomic E-state index is -4.51. The Bertz CT molecular complexity index is 1070. The Morgan fingerprint density at radius 3 is 2.34 bits per heavy atom. The van der Waals surface area contributed by atoms with E-state index in [0.717, 1.165) is 4.90 Å². The summed E-state index contributed by atoms with van der Waals surface area (Å²) in [6.45, 7) is 0. The van der Waals surface area contributed by atoms with Gasteiger partial charge in [-0.1, -0.05) is 41.9 Å². The fraction of sp³-hybridized carbons (Fsp3) is 0.348. The zero-order valence-electron chi connectivity index (χ0n) is 16.9.